The van der Waals surface area contributed by atoms with Gasteiger partial charge in [0.15, 0.2) is 11.5 Å². The highest BCUT2D eigenvalue weighted by molar-refractivity contribution is 5.88. The summed E-state index contributed by atoms with van der Waals surface area (Å²) in [5, 5.41) is 0. The van der Waals surface area contributed by atoms with Crippen molar-refractivity contribution in [3.8, 4) is 11.5 Å². The first-order valence-electron chi connectivity index (χ1n) is 4.84. The van der Waals surface area contributed by atoms with Crippen LogP contribution in [-0.2, 0) is 4.74 Å². The van der Waals surface area contributed by atoms with Gasteiger partial charge in [-0.05, 0) is 19.1 Å². The molecule has 2 aromatic heterocycles. The molecule has 0 radical (unpaired) electrons. The largest absolute Gasteiger partial charge is 0.463 e. The van der Waals surface area contributed by atoms with Crippen molar-refractivity contribution in [2.45, 2.75) is 6.92 Å². The maximum atomic E-state index is 11.4. The van der Waals surface area contributed by atoms with Crippen molar-refractivity contribution in [2.75, 3.05) is 6.61 Å². The van der Waals surface area contributed by atoms with Gasteiger partial charge in [-0.25, -0.2) is 14.8 Å². The molecule has 0 aliphatic heterocycles. The maximum Gasteiger partial charge on any atom is 0.357 e. The zero-order chi connectivity index (χ0) is 11.4. The van der Waals surface area contributed by atoms with Crippen molar-refractivity contribution in [1.29, 1.82) is 0 Å². The molecule has 5 heteroatoms. The number of furan rings is 1. The topological polar surface area (TPSA) is 65.2 Å². The molecule has 82 valence electrons. The zero-order valence-electron chi connectivity index (χ0n) is 8.71. The Hall–Kier alpha value is -2.17. The van der Waals surface area contributed by atoms with E-state index in [1.165, 1.54) is 12.4 Å². The van der Waals surface area contributed by atoms with Crippen LogP contribution in [0.2, 0.25) is 0 Å². The summed E-state index contributed by atoms with van der Waals surface area (Å²) < 4.78 is 10.0. The average molecular weight is 218 g/mol. The highest BCUT2D eigenvalue weighted by Gasteiger charge is 2.11. The summed E-state index contributed by atoms with van der Waals surface area (Å²) in [5.41, 5.74) is 0.784. The fraction of sp³-hybridized carbons (Fsp3) is 0.182. The van der Waals surface area contributed by atoms with E-state index in [4.69, 9.17) is 9.15 Å². The van der Waals surface area contributed by atoms with Crippen LogP contribution in [0.1, 0.15) is 17.4 Å². The van der Waals surface area contributed by atoms with E-state index in [-0.39, 0.29) is 5.69 Å². The number of carbonyl (C=O) groups is 1. The summed E-state index contributed by atoms with van der Waals surface area (Å²) >= 11 is 0. The monoisotopic (exact) mass is 218 g/mol. The van der Waals surface area contributed by atoms with Gasteiger partial charge in [0.25, 0.3) is 0 Å². The van der Waals surface area contributed by atoms with Gasteiger partial charge in [-0.15, -0.1) is 0 Å². The van der Waals surface area contributed by atoms with Crippen LogP contribution in [0.4, 0.5) is 0 Å². The first-order chi connectivity index (χ1) is 7.81. The molecule has 0 saturated carbocycles. The van der Waals surface area contributed by atoms with Gasteiger partial charge in [0.1, 0.15) is 12.0 Å². The third kappa shape index (κ3) is 2.08. The molecule has 0 fully saturated rings. The molecule has 16 heavy (non-hydrogen) atoms. The van der Waals surface area contributed by atoms with Gasteiger partial charge in [-0.3, -0.25) is 0 Å². The minimum absolute atomic E-state index is 0.225. The first-order valence-corrected chi connectivity index (χ1v) is 4.84. The Morgan fingerprint density at radius 2 is 2.38 bits per heavy atom. The minimum Gasteiger partial charge on any atom is -0.463 e. The lowest BCUT2D eigenvalue weighted by atomic mass is 10.2. The number of rotatable bonds is 3. The molecule has 0 saturated heterocycles. The van der Waals surface area contributed by atoms with Crippen LogP contribution >= 0.6 is 0 Å². The summed E-state index contributed by atoms with van der Waals surface area (Å²) in [6, 6.07) is 5.05. The molecule has 0 atom stereocenters. The molecule has 0 unspecified atom stereocenters. The lowest BCUT2D eigenvalue weighted by Gasteiger charge is -2.01. The molecule has 0 amide bonds. The Balaban J connectivity index is 2.30. The molecule has 5 nitrogen and oxygen atoms in total. The average Bonchev–Trinajstić information content (AvgIpc) is 2.83. The SMILES string of the molecule is CCOC(=O)c1cc(-c2ccco2)ncn1. The number of hydrogen-bond donors (Lipinski definition) is 0. The van der Waals surface area contributed by atoms with Gasteiger partial charge < -0.3 is 9.15 Å². The molecule has 0 spiro atoms. The molecule has 2 heterocycles. The Kier molecular flexibility index (Phi) is 2.95. The molecule has 0 aliphatic carbocycles. The minimum atomic E-state index is -0.460. The predicted octanol–water partition coefficient (Wildman–Crippen LogP) is 1.91. The molecule has 2 rings (SSSR count). The molecular weight excluding hydrogens is 208 g/mol. The number of nitrogens with zero attached hydrogens (tertiary/aromatic N) is 2. The number of aromatic nitrogens is 2. The highest BCUT2D eigenvalue weighted by atomic mass is 16.5. The molecule has 2 aromatic rings. The van der Waals surface area contributed by atoms with Crippen molar-refractivity contribution in [2.24, 2.45) is 0 Å². The molecule has 0 aromatic carbocycles. The summed E-state index contributed by atoms with van der Waals surface area (Å²) in [7, 11) is 0. The van der Waals surface area contributed by atoms with Crippen molar-refractivity contribution in [3.63, 3.8) is 0 Å². The second kappa shape index (κ2) is 4.57. The fourth-order valence-electron chi connectivity index (χ4n) is 1.23. The number of carbonyl (C=O) groups excluding carboxylic acids is 1. The van der Waals surface area contributed by atoms with Crippen molar-refractivity contribution in [3.05, 3.63) is 36.5 Å². The van der Waals surface area contributed by atoms with Crippen LogP contribution in [0, 0.1) is 0 Å². The Labute approximate surface area is 92.1 Å². The van der Waals surface area contributed by atoms with E-state index in [9.17, 15) is 4.79 Å². The molecule has 0 aliphatic rings. The number of ether oxygens (including phenoxy) is 1. The predicted molar refractivity (Wildman–Crippen MR) is 55.7 cm³/mol. The summed E-state index contributed by atoms with van der Waals surface area (Å²) in [4.78, 5) is 19.3. The molecule has 0 bridgehead atoms. The van der Waals surface area contributed by atoms with E-state index in [1.54, 1.807) is 25.3 Å². The van der Waals surface area contributed by atoms with E-state index in [1.807, 2.05) is 0 Å². The van der Waals surface area contributed by atoms with Crippen LogP contribution in [0.3, 0.4) is 0 Å². The highest BCUT2D eigenvalue weighted by Crippen LogP contribution is 2.17. The van der Waals surface area contributed by atoms with Crippen LogP contribution in [0.25, 0.3) is 11.5 Å². The third-order valence-corrected chi connectivity index (χ3v) is 1.93. The summed E-state index contributed by atoms with van der Waals surface area (Å²) in [5.74, 6) is 0.130. The Morgan fingerprint density at radius 3 is 3.06 bits per heavy atom. The van der Waals surface area contributed by atoms with Gasteiger partial charge >= 0.3 is 5.97 Å². The van der Waals surface area contributed by atoms with E-state index < -0.39 is 5.97 Å². The lowest BCUT2D eigenvalue weighted by molar-refractivity contribution is 0.0519. The first kappa shape index (κ1) is 10.4. The number of esters is 1. The normalized spacial score (nSPS) is 10.1. The van der Waals surface area contributed by atoms with Crippen LogP contribution in [0.5, 0.6) is 0 Å². The standard InChI is InChI=1S/C11H10N2O3/c1-2-15-11(14)9-6-8(12-7-13-9)10-4-3-5-16-10/h3-7H,2H2,1H3. The van der Waals surface area contributed by atoms with Gasteiger partial charge in [0.05, 0.1) is 12.9 Å². The van der Waals surface area contributed by atoms with Crippen molar-refractivity contribution < 1.29 is 13.9 Å². The van der Waals surface area contributed by atoms with Gasteiger partial charge in [0.2, 0.25) is 0 Å². The van der Waals surface area contributed by atoms with E-state index in [0.29, 0.717) is 18.1 Å². The summed E-state index contributed by atoms with van der Waals surface area (Å²) in [6.45, 7) is 2.06. The molecule has 0 N–H and O–H groups in total. The van der Waals surface area contributed by atoms with E-state index in [2.05, 4.69) is 9.97 Å². The quantitative estimate of drug-likeness (QED) is 0.736. The van der Waals surface area contributed by atoms with Crippen molar-refractivity contribution >= 4 is 5.97 Å². The zero-order valence-corrected chi connectivity index (χ0v) is 8.71. The van der Waals surface area contributed by atoms with Crippen LogP contribution in [0.15, 0.2) is 35.2 Å². The van der Waals surface area contributed by atoms with Crippen LogP contribution in [-0.4, -0.2) is 22.5 Å². The van der Waals surface area contributed by atoms with Gasteiger partial charge in [0, 0.05) is 6.07 Å². The van der Waals surface area contributed by atoms with Gasteiger partial charge in [-0.2, -0.15) is 0 Å². The molecular formula is C11H10N2O3. The van der Waals surface area contributed by atoms with Crippen LogP contribution < -0.4 is 0 Å². The Morgan fingerprint density at radius 1 is 1.50 bits per heavy atom. The second-order valence-electron chi connectivity index (χ2n) is 2.99. The smallest absolute Gasteiger partial charge is 0.357 e. The Bertz CT molecular complexity index is 480. The third-order valence-electron chi connectivity index (χ3n) is 1.93. The lowest BCUT2D eigenvalue weighted by Crippen LogP contribution is -2.07. The van der Waals surface area contributed by atoms with Crippen molar-refractivity contribution in [1.82, 2.24) is 9.97 Å². The fourth-order valence-corrected chi connectivity index (χ4v) is 1.23. The van der Waals surface area contributed by atoms with Gasteiger partial charge in [-0.1, -0.05) is 0 Å². The maximum absolute atomic E-state index is 11.4. The summed E-state index contributed by atoms with van der Waals surface area (Å²) in [6.07, 6.45) is 2.85. The second-order valence-corrected chi connectivity index (χ2v) is 2.99. The number of hydrogen-bond acceptors (Lipinski definition) is 5. The van der Waals surface area contributed by atoms with E-state index in [0.717, 1.165) is 0 Å². The van der Waals surface area contributed by atoms with E-state index >= 15 is 0 Å².